The highest BCUT2D eigenvalue weighted by molar-refractivity contribution is 7.91. The highest BCUT2D eigenvalue weighted by atomic mass is 32.2. The maximum Gasteiger partial charge on any atom is 0.156 e. The van der Waals surface area contributed by atoms with Gasteiger partial charge in [-0.1, -0.05) is 24.3 Å². The lowest BCUT2D eigenvalue weighted by Crippen LogP contribution is -2.16. The van der Waals surface area contributed by atoms with Gasteiger partial charge in [0.05, 0.1) is 11.0 Å². The summed E-state index contributed by atoms with van der Waals surface area (Å²) in [6.07, 6.45) is 0. The first-order valence-corrected chi connectivity index (χ1v) is 6.66. The van der Waals surface area contributed by atoms with E-state index in [2.05, 4.69) is 0 Å². The Balaban J connectivity index is 2.82. The van der Waals surface area contributed by atoms with Crippen molar-refractivity contribution in [2.75, 3.05) is 0 Å². The molecule has 15 heavy (non-hydrogen) atoms. The van der Waals surface area contributed by atoms with E-state index in [4.69, 9.17) is 5.73 Å². The Kier molecular flexibility index (Phi) is 3.88. The maximum atomic E-state index is 11.6. The smallest absolute Gasteiger partial charge is 0.156 e. The van der Waals surface area contributed by atoms with Gasteiger partial charge in [-0.3, -0.25) is 0 Å². The van der Waals surface area contributed by atoms with Gasteiger partial charge in [0, 0.05) is 6.54 Å². The molecule has 1 aromatic carbocycles. The average Bonchev–Trinajstić information content (AvgIpc) is 2.18. The van der Waals surface area contributed by atoms with Crippen molar-refractivity contribution in [3.05, 3.63) is 35.4 Å². The van der Waals surface area contributed by atoms with Crippen molar-refractivity contribution in [1.82, 2.24) is 0 Å². The zero-order valence-electron chi connectivity index (χ0n) is 9.10. The molecule has 0 amide bonds. The Morgan fingerprint density at radius 1 is 1.13 bits per heavy atom. The number of rotatable bonds is 4. The van der Waals surface area contributed by atoms with Crippen LogP contribution in [0.1, 0.15) is 25.0 Å². The van der Waals surface area contributed by atoms with E-state index in [1.54, 1.807) is 13.8 Å². The van der Waals surface area contributed by atoms with Crippen molar-refractivity contribution < 1.29 is 8.42 Å². The van der Waals surface area contributed by atoms with E-state index in [-0.39, 0.29) is 11.0 Å². The Labute approximate surface area is 91.2 Å². The summed E-state index contributed by atoms with van der Waals surface area (Å²) in [5.41, 5.74) is 7.29. The molecule has 0 spiro atoms. The van der Waals surface area contributed by atoms with Gasteiger partial charge < -0.3 is 5.73 Å². The van der Waals surface area contributed by atoms with E-state index in [0.717, 1.165) is 11.1 Å². The number of nitrogens with two attached hydrogens (primary N) is 1. The van der Waals surface area contributed by atoms with Gasteiger partial charge >= 0.3 is 0 Å². The Bertz CT molecular complexity index is 407. The third kappa shape index (κ3) is 3.32. The van der Waals surface area contributed by atoms with E-state index >= 15 is 0 Å². The van der Waals surface area contributed by atoms with Crippen molar-refractivity contribution in [3.63, 3.8) is 0 Å². The van der Waals surface area contributed by atoms with E-state index in [1.807, 2.05) is 24.3 Å². The van der Waals surface area contributed by atoms with Gasteiger partial charge in [0.15, 0.2) is 9.84 Å². The molecule has 1 aromatic rings. The van der Waals surface area contributed by atoms with Crippen LogP contribution in [0, 0.1) is 0 Å². The van der Waals surface area contributed by atoms with E-state index in [1.165, 1.54) is 0 Å². The molecule has 1 rings (SSSR count). The molecule has 0 heterocycles. The van der Waals surface area contributed by atoms with E-state index in [9.17, 15) is 8.42 Å². The minimum absolute atomic E-state index is 0.107. The lowest BCUT2D eigenvalue weighted by molar-refractivity contribution is 0.586. The van der Waals surface area contributed by atoms with Gasteiger partial charge in [-0.25, -0.2) is 8.42 Å². The first-order valence-electron chi connectivity index (χ1n) is 4.95. The van der Waals surface area contributed by atoms with Crippen LogP contribution in [0.4, 0.5) is 0 Å². The fraction of sp³-hybridized carbons (Fsp3) is 0.455. The van der Waals surface area contributed by atoms with E-state index in [0.29, 0.717) is 6.54 Å². The van der Waals surface area contributed by atoms with Crippen LogP contribution in [0.15, 0.2) is 24.3 Å². The zero-order valence-corrected chi connectivity index (χ0v) is 9.92. The maximum absolute atomic E-state index is 11.6. The molecule has 0 aromatic heterocycles. The van der Waals surface area contributed by atoms with Crippen LogP contribution in [-0.4, -0.2) is 13.7 Å². The Morgan fingerprint density at radius 2 is 1.60 bits per heavy atom. The number of hydrogen-bond acceptors (Lipinski definition) is 3. The van der Waals surface area contributed by atoms with Crippen LogP contribution in [0.2, 0.25) is 0 Å². The van der Waals surface area contributed by atoms with Gasteiger partial charge in [-0.15, -0.1) is 0 Å². The number of hydrogen-bond donors (Lipinski definition) is 1. The first-order chi connectivity index (χ1) is 6.95. The van der Waals surface area contributed by atoms with Crippen LogP contribution in [-0.2, 0) is 22.1 Å². The van der Waals surface area contributed by atoms with Crippen molar-refractivity contribution >= 4 is 9.84 Å². The van der Waals surface area contributed by atoms with Crippen molar-refractivity contribution in [1.29, 1.82) is 0 Å². The minimum Gasteiger partial charge on any atom is -0.326 e. The fourth-order valence-electron chi connectivity index (χ4n) is 1.17. The molecule has 84 valence electrons. The summed E-state index contributed by atoms with van der Waals surface area (Å²) in [7, 11) is -3.00. The second-order valence-electron chi connectivity index (χ2n) is 3.88. The summed E-state index contributed by atoms with van der Waals surface area (Å²) in [5, 5.41) is -0.327. The van der Waals surface area contributed by atoms with Gasteiger partial charge in [-0.05, 0) is 25.0 Å². The number of sulfone groups is 1. The predicted molar refractivity (Wildman–Crippen MR) is 62.1 cm³/mol. The molecule has 0 saturated heterocycles. The van der Waals surface area contributed by atoms with Gasteiger partial charge in [0.2, 0.25) is 0 Å². The minimum atomic E-state index is -3.00. The topological polar surface area (TPSA) is 60.2 Å². The molecule has 0 fully saturated rings. The highest BCUT2D eigenvalue weighted by Crippen LogP contribution is 2.11. The molecule has 0 aliphatic heterocycles. The van der Waals surface area contributed by atoms with Gasteiger partial charge in [0.1, 0.15) is 0 Å². The van der Waals surface area contributed by atoms with Crippen LogP contribution < -0.4 is 5.73 Å². The molecule has 0 saturated carbocycles. The summed E-state index contributed by atoms with van der Waals surface area (Å²) < 4.78 is 23.3. The molecule has 4 heteroatoms. The number of benzene rings is 1. The lowest BCUT2D eigenvalue weighted by atomic mass is 10.1. The zero-order chi connectivity index (χ0) is 11.5. The van der Waals surface area contributed by atoms with Crippen LogP contribution in [0.5, 0.6) is 0 Å². The second kappa shape index (κ2) is 4.77. The van der Waals surface area contributed by atoms with Gasteiger partial charge in [-0.2, -0.15) is 0 Å². The summed E-state index contributed by atoms with van der Waals surface area (Å²) in [5.74, 6) is 0.107. The third-order valence-corrected chi connectivity index (χ3v) is 4.52. The summed E-state index contributed by atoms with van der Waals surface area (Å²) in [4.78, 5) is 0. The molecule has 0 unspecified atom stereocenters. The predicted octanol–water partition coefficient (Wildman–Crippen LogP) is 1.47. The SMILES string of the molecule is CC(C)S(=O)(=O)Cc1ccc(CN)cc1. The molecular weight excluding hydrogens is 210 g/mol. The van der Waals surface area contributed by atoms with Crippen molar-refractivity contribution in [2.24, 2.45) is 5.73 Å². The quantitative estimate of drug-likeness (QED) is 0.847. The fourth-order valence-corrected chi connectivity index (χ4v) is 2.16. The average molecular weight is 227 g/mol. The molecule has 0 radical (unpaired) electrons. The molecular formula is C11H17NO2S. The highest BCUT2D eigenvalue weighted by Gasteiger charge is 2.16. The van der Waals surface area contributed by atoms with Crippen LogP contribution in [0.3, 0.4) is 0 Å². The Morgan fingerprint density at radius 3 is 2.00 bits per heavy atom. The Hall–Kier alpha value is -0.870. The lowest BCUT2D eigenvalue weighted by Gasteiger charge is -2.07. The third-order valence-electron chi connectivity index (χ3n) is 2.34. The normalized spacial score (nSPS) is 12.0. The van der Waals surface area contributed by atoms with E-state index < -0.39 is 9.84 Å². The van der Waals surface area contributed by atoms with Crippen molar-refractivity contribution in [3.8, 4) is 0 Å². The summed E-state index contributed by atoms with van der Waals surface area (Å²) >= 11 is 0. The van der Waals surface area contributed by atoms with Crippen LogP contribution >= 0.6 is 0 Å². The molecule has 0 aliphatic rings. The standard InChI is InChI=1S/C11H17NO2S/c1-9(2)15(13,14)8-11-5-3-10(7-12)4-6-11/h3-6,9H,7-8,12H2,1-2H3. The molecule has 0 aliphatic carbocycles. The summed E-state index contributed by atoms with van der Waals surface area (Å²) in [6, 6.07) is 7.38. The van der Waals surface area contributed by atoms with Gasteiger partial charge in [0.25, 0.3) is 0 Å². The monoisotopic (exact) mass is 227 g/mol. The molecule has 0 atom stereocenters. The molecule has 3 nitrogen and oxygen atoms in total. The molecule has 0 bridgehead atoms. The summed E-state index contributed by atoms with van der Waals surface area (Å²) in [6.45, 7) is 3.88. The molecule has 2 N–H and O–H groups in total. The largest absolute Gasteiger partial charge is 0.326 e. The van der Waals surface area contributed by atoms with Crippen LogP contribution in [0.25, 0.3) is 0 Å². The first kappa shape index (κ1) is 12.2. The second-order valence-corrected chi connectivity index (χ2v) is 6.43. The van der Waals surface area contributed by atoms with Crippen molar-refractivity contribution in [2.45, 2.75) is 31.4 Å².